The zero-order valence-electron chi connectivity index (χ0n) is 14.8. The Kier molecular flexibility index (Phi) is 5.58. The number of hydrogen-bond donors (Lipinski definition) is 2. The number of anilines is 1. The average Bonchev–Trinajstić information content (AvgIpc) is 2.91. The van der Waals surface area contributed by atoms with E-state index in [0.717, 1.165) is 28.2 Å². The number of hydrogen-bond acceptors (Lipinski definition) is 2. The molecule has 3 rings (SSSR count). The van der Waals surface area contributed by atoms with Crippen LogP contribution in [-0.2, 0) is 13.1 Å². The molecule has 0 aliphatic heterocycles. The van der Waals surface area contributed by atoms with Gasteiger partial charge < -0.3 is 10.6 Å². The molecule has 6 heteroatoms. The molecule has 0 bridgehead atoms. The third-order valence-corrected chi connectivity index (χ3v) is 4.39. The second-order valence-electron chi connectivity index (χ2n) is 6.18. The summed E-state index contributed by atoms with van der Waals surface area (Å²) < 4.78 is 1.95. The van der Waals surface area contributed by atoms with Crippen LogP contribution in [0.15, 0.2) is 54.6 Å². The fourth-order valence-corrected chi connectivity index (χ4v) is 2.95. The summed E-state index contributed by atoms with van der Waals surface area (Å²) in [5, 5.41) is 10.8. The molecular formula is C20H21ClN4O. The van der Waals surface area contributed by atoms with E-state index in [-0.39, 0.29) is 6.03 Å². The molecule has 5 nitrogen and oxygen atoms in total. The Morgan fingerprint density at radius 2 is 1.92 bits per heavy atom. The van der Waals surface area contributed by atoms with E-state index >= 15 is 0 Å². The number of aromatic nitrogens is 2. The van der Waals surface area contributed by atoms with Crippen LogP contribution in [0.4, 0.5) is 10.5 Å². The third-order valence-electron chi connectivity index (χ3n) is 4.02. The number of carbonyl (C=O) groups excluding carboxylic acids is 1. The molecular weight excluding hydrogens is 348 g/mol. The van der Waals surface area contributed by atoms with Crippen LogP contribution in [0.1, 0.15) is 22.5 Å². The van der Waals surface area contributed by atoms with Crippen molar-refractivity contribution in [2.75, 3.05) is 5.32 Å². The van der Waals surface area contributed by atoms with Gasteiger partial charge in [0.05, 0.1) is 12.2 Å². The lowest BCUT2D eigenvalue weighted by Crippen LogP contribution is -2.28. The summed E-state index contributed by atoms with van der Waals surface area (Å²) in [6.45, 7) is 5.04. The van der Waals surface area contributed by atoms with Crippen molar-refractivity contribution in [2.24, 2.45) is 0 Å². The molecule has 2 amide bonds. The Hall–Kier alpha value is -2.79. The first-order chi connectivity index (χ1) is 12.5. The molecule has 1 aromatic heterocycles. The van der Waals surface area contributed by atoms with Gasteiger partial charge in [0.2, 0.25) is 0 Å². The highest BCUT2D eigenvalue weighted by Crippen LogP contribution is 2.15. The van der Waals surface area contributed by atoms with Crippen molar-refractivity contribution in [3.63, 3.8) is 0 Å². The highest BCUT2D eigenvalue weighted by atomic mass is 35.5. The van der Waals surface area contributed by atoms with Crippen molar-refractivity contribution in [1.82, 2.24) is 15.1 Å². The van der Waals surface area contributed by atoms with E-state index in [0.29, 0.717) is 18.1 Å². The molecule has 0 fully saturated rings. The number of rotatable bonds is 5. The Morgan fingerprint density at radius 1 is 1.12 bits per heavy atom. The van der Waals surface area contributed by atoms with Gasteiger partial charge in [-0.2, -0.15) is 5.10 Å². The van der Waals surface area contributed by atoms with Gasteiger partial charge in [0.15, 0.2) is 0 Å². The van der Waals surface area contributed by atoms with Crippen molar-refractivity contribution in [3.8, 4) is 0 Å². The van der Waals surface area contributed by atoms with Crippen LogP contribution in [0.2, 0.25) is 5.02 Å². The fourth-order valence-electron chi connectivity index (χ4n) is 2.75. The first-order valence-electron chi connectivity index (χ1n) is 8.39. The normalized spacial score (nSPS) is 10.6. The van der Waals surface area contributed by atoms with Crippen molar-refractivity contribution in [1.29, 1.82) is 0 Å². The molecule has 0 aliphatic carbocycles. The Balaban J connectivity index is 1.60. The van der Waals surface area contributed by atoms with E-state index in [1.165, 1.54) is 0 Å². The number of nitrogens with one attached hydrogen (secondary N) is 2. The molecule has 2 N–H and O–H groups in total. The minimum absolute atomic E-state index is 0.270. The summed E-state index contributed by atoms with van der Waals surface area (Å²) in [7, 11) is 0. The molecule has 3 aromatic rings. The van der Waals surface area contributed by atoms with Crippen molar-refractivity contribution in [3.05, 3.63) is 82.1 Å². The fraction of sp³-hybridized carbons (Fsp3) is 0.200. The Morgan fingerprint density at radius 3 is 2.65 bits per heavy atom. The maximum atomic E-state index is 12.1. The van der Waals surface area contributed by atoms with E-state index in [1.54, 1.807) is 6.07 Å². The molecule has 0 aliphatic rings. The first kappa shape index (κ1) is 18.0. The maximum absolute atomic E-state index is 12.1. The molecule has 0 unspecified atom stereocenters. The minimum atomic E-state index is -0.270. The summed E-state index contributed by atoms with van der Waals surface area (Å²) in [6.07, 6.45) is 0. The van der Waals surface area contributed by atoms with Crippen molar-refractivity contribution in [2.45, 2.75) is 26.9 Å². The zero-order chi connectivity index (χ0) is 18.5. The summed E-state index contributed by atoms with van der Waals surface area (Å²) in [4.78, 5) is 12.1. The molecule has 0 spiro atoms. The highest BCUT2D eigenvalue weighted by molar-refractivity contribution is 6.31. The van der Waals surface area contributed by atoms with Crippen LogP contribution in [0.3, 0.4) is 0 Å². The predicted molar refractivity (Wildman–Crippen MR) is 105 cm³/mol. The topological polar surface area (TPSA) is 59.0 Å². The number of nitrogens with zero attached hydrogens (tertiary/aromatic N) is 2. The Bertz CT molecular complexity index is 920. The smallest absolute Gasteiger partial charge is 0.319 e. The standard InChI is InChI=1S/C20H21ClN4O/c1-14-10-15(2)25(24-14)13-16-6-5-8-18(11-16)23-20(26)22-12-17-7-3-4-9-19(17)21/h3-11H,12-13H2,1-2H3,(H2,22,23,26). The number of benzene rings is 2. The lowest BCUT2D eigenvalue weighted by Gasteiger charge is -2.10. The van der Waals surface area contributed by atoms with Gasteiger partial charge in [-0.3, -0.25) is 4.68 Å². The van der Waals surface area contributed by atoms with E-state index in [4.69, 9.17) is 11.6 Å². The quantitative estimate of drug-likeness (QED) is 0.695. The monoisotopic (exact) mass is 368 g/mol. The number of carbonyl (C=O) groups is 1. The highest BCUT2D eigenvalue weighted by Gasteiger charge is 2.06. The summed E-state index contributed by atoms with van der Waals surface area (Å²) >= 11 is 6.10. The van der Waals surface area contributed by atoms with Gasteiger partial charge in [0, 0.05) is 22.9 Å². The van der Waals surface area contributed by atoms with E-state index in [2.05, 4.69) is 15.7 Å². The number of amides is 2. The van der Waals surface area contributed by atoms with Crippen LogP contribution in [0, 0.1) is 13.8 Å². The zero-order valence-corrected chi connectivity index (χ0v) is 15.5. The van der Waals surface area contributed by atoms with Crippen LogP contribution < -0.4 is 10.6 Å². The van der Waals surface area contributed by atoms with Gasteiger partial charge in [-0.05, 0) is 49.2 Å². The lowest BCUT2D eigenvalue weighted by atomic mass is 10.2. The third kappa shape index (κ3) is 4.64. The molecule has 0 saturated heterocycles. The molecule has 134 valence electrons. The lowest BCUT2D eigenvalue weighted by molar-refractivity contribution is 0.251. The average molecular weight is 369 g/mol. The molecule has 26 heavy (non-hydrogen) atoms. The van der Waals surface area contributed by atoms with Crippen molar-refractivity contribution < 1.29 is 4.79 Å². The summed E-state index contributed by atoms with van der Waals surface area (Å²) in [6, 6.07) is 17.0. The van der Waals surface area contributed by atoms with E-state index < -0.39 is 0 Å². The first-order valence-corrected chi connectivity index (χ1v) is 8.77. The predicted octanol–water partition coefficient (Wildman–Crippen LogP) is 4.52. The van der Waals surface area contributed by atoms with Gasteiger partial charge >= 0.3 is 6.03 Å². The molecule has 0 atom stereocenters. The maximum Gasteiger partial charge on any atom is 0.319 e. The van der Waals surface area contributed by atoms with Crippen molar-refractivity contribution >= 4 is 23.3 Å². The van der Waals surface area contributed by atoms with Gasteiger partial charge in [-0.1, -0.05) is 41.9 Å². The Labute approximate surface area is 158 Å². The number of halogens is 1. The minimum Gasteiger partial charge on any atom is -0.334 e. The SMILES string of the molecule is Cc1cc(C)n(Cc2cccc(NC(=O)NCc3ccccc3Cl)c2)n1. The van der Waals surface area contributed by atoms with Gasteiger partial charge in [0.25, 0.3) is 0 Å². The van der Waals surface area contributed by atoms with Gasteiger partial charge in [-0.15, -0.1) is 0 Å². The molecule has 2 aromatic carbocycles. The molecule has 0 radical (unpaired) electrons. The second-order valence-corrected chi connectivity index (χ2v) is 6.59. The molecule has 0 saturated carbocycles. The number of urea groups is 1. The van der Waals surface area contributed by atoms with Crippen LogP contribution in [0.25, 0.3) is 0 Å². The van der Waals surface area contributed by atoms with Crippen LogP contribution >= 0.6 is 11.6 Å². The van der Waals surface area contributed by atoms with Gasteiger partial charge in [-0.25, -0.2) is 4.79 Å². The van der Waals surface area contributed by atoms with E-state index in [1.807, 2.05) is 67.1 Å². The van der Waals surface area contributed by atoms with E-state index in [9.17, 15) is 4.79 Å². The second kappa shape index (κ2) is 8.06. The van der Waals surface area contributed by atoms with Crippen LogP contribution in [-0.4, -0.2) is 15.8 Å². The van der Waals surface area contributed by atoms with Crippen LogP contribution in [0.5, 0.6) is 0 Å². The molecule has 1 heterocycles. The van der Waals surface area contributed by atoms with Gasteiger partial charge in [0.1, 0.15) is 0 Å². The summed E-state index contributed by atoms with van der Waals surface area (Å²) in [5.74, 6) is 0. The summed E-state index contributed by atoms with van der Waals surface area (Å²) in [5.41, 5.74) is 4.79. The largest absolute Gasteiger partial charge is 0.334 e. The number of aryl methyl sites for hydroxylation is 2.